The average Bonchev–Trinajstić information content (AvgIpc) is 3.29. The molecule has 0 atom stereocenters. The van der Waals surface area contributed by atoms with Crippen molar-refractivity contribution in [2.24, 2.45) is 0 Å². The summed E-state index contributed by atoms with van der Waals surface area (Å²) in [5.74, 6) is 0.633. The van der Waals surface area contributed by atoms with Gasteiger partial charge in [0.15, 0.2) is 5.65 Å². The van der Waals surface area contributed by atoms with Crippen LogP contribution in [0.5, 0.6) is 0 Å². The van der Waals surface area contributed by atoms with Crippen LogP contribution < -0.4 is 4.90 Å². The van der Waals surface area contributed by atoms with Crippen molar-refractivity contribution in [3.63, 3.8) is 0 Å². The Bertz CT molecular complexity index is 1430. The molecule has 1 amide bonds. The van der Waals surface area contributed by atoms with Crippen molar-refractivity contribution in [2.45, 2.75) is 16.8 Å². The first-order valence-corrected chi connectivity index (χ1v) is 12.1. The highest BCUT2D eigenvalue weighted by molar-refractivity contribution is 7.91. The fourth-order valence-electron chi connectivity index (χ4n) is 3.97. The maximum atomic E-state index is 13.3. The van der Waals surface area contributed by atoms with Crippen LogP contribution in [0.4, 0.5) is 10.6 Å². The van der Waals surface area contributed by atoms with Crippen LogP contribution >= 0.6 is 0 Å². The Balaban J connectivity index is 1.60. The molecule has 1 saturated heterocycles. The van der Waals surface area contributed by atoms with E-state index in [0.717, 1.165) is 5.39 Å². The van der Waals surface area contributed by atoms with E-state index in [-0.39, 0.29) is 21.7 Å². The minimum absolute atomic E-state index is 0.131. The van der Waals surface area contributed by atoms with Gasteiger partial charge in [0, 0.05) is 31.6 Å². The number of piperazine rings is 1. The number of anilines is 1. The zero-order valence-electron chi connectivity index (χ0n) is 18.0. The normalized spacial score (nSPS) is 14.7. The van der Waals surface area contributed by atoms with Gasteiger partial charge in [0.05, 0.1) is 17.0 Å². The summed E-state index contributed by atoms with van der Waals surface area (Å²) in [5, 5.41) is 8.76. The molecule has 0 unspecified atom stereocenters. The summed E-state index contributed by atoms with van der Waals surface area (Å²) < 4.78 is 33.1. The van der Waals surface area contributed by atoms with Gasteiger partial charge in [-0.05, 0) is 31.2 Å². The lowest BCUT2D eigenvalue weighted by Gasteiger charge is -2.35. The number of fused-ring (bicyclic) bond motifs is 3. The van der Waals surface area contributed by atoms with E-state index in [1.807, 2.05) is 29.2 Å². The third-order valence-electron chi connectivity index (χ3n) is 5.62. The molecule has 0 bridgehead atoms. The largest absolute Gasteiger partial charge is 0.450 e. The molecule has 5 rings (SSSR count). The van der Waals surface area contributed by atoms with Crippen LogP contribution in [0.2, 0.25) is 0 Å². The number of rotatable bonds is 4. The Morgan fingerprint density at radius 2 is 1.70 bits per heavy atom. The van der Waals surface area contributed by atoms with Gasteiger partial charge in [-0.2, -0.15) is 4.52 Å². The predicted molar refractivity (Wildman–Crippen MR) is 121 cm³/mol. The lowest BCUT2D eigenvalue weighted by atomic mass is 10.2. The summed E-state index contributed by atoms with van der Waals surface area (Å²) in [5.41, 5.74) is 0.868. The summed E-state index contributed by atoms with van der Waals surface area (Å²) in [6.07, 6.45) is -0.332. The fraction of sp³-hybridized carbons (Fsp3) is 0.273. The van der Waals surface area contributed by atoms with E-state index >= 15 is 0 Å². The second kappa shape index (κ2) is 8.32. The molecule has 1 aliphatic rings. The van der Waals surface area contributed by atoms with Crippen LogP contribution in [0.3, 0.4) is 0 Å². The number of aromatic nitrogens is 4. The number of para-hydroxylation sites is 1. The van der Waals surface area contributed by atoms with Crippen molar-refractivity contribution in [2.75, 3.05) is 37.7 Å². The van der Waals surface area contributed by atoms with Crippen molar-refractivity contribution in [3.05, 3.63) is 54.6 Å². The molecule has 11 heteroatoms. The summed E-state index contributed by atoms with van der Waals surface area (Å²) in [6.45, 7) is 4.14. The molecular formula is C22H22N6O4S. The number of nitrogens with zero attached hydrogens (tertiary/aromatic N) is 6. The molecule has 33 heavy (non-hydrogen) atoms. The van der Waals surface area contributed by atoms with Gasteiger partial charge in [0.25, 0.3) is 0 Å². The van der Waals surface area contributed by atoms with E-state index in [1.54, 1.807) is 30.0 Å². The number of amides is 1. The summed E-state index contributed by atoms with van der Waals surface area (Å²) in [6, 6.07) is 15.7. The highest BCUT2D eigenvalue weighted by atomic mass is 32.2. The van der Waals surface area contributed by atoms with Crippen LogP contribution in [-0.2, 0) is 14.6 Å². The van der Waals surface area contributed by atoms with Gasteiger partial charge in [-0.15, -0.1) is 5.10 Å². The van der Waals surface area contributed by atoms with Crippen molar-refractivity contribution >= 4 is 38.3 Å². The van der Waals surface area contributed by atoms with Gasteiger partial charge in [-0.3, -0.25) is 0 Å². The van der Waals surface area contributed by atoms with Crippen molar-refractivity contribution in [1.82, 2.24) is 24.7 Å². The first-order valence-electron chi connectivity index (χ1n) is 10.6. The van der Waals surface area contributed by atoms with E-state index in [4.69, 9.17) is 9.72 Å². The number of ether oxygens (including phenoxy) is 1. The monoisotopic (exact) mass is 466 g/mol. The highest BCUT2D eigenvalue weighted by Gasteiger charge is 2.29. The van der Waals surface area contributed by atoms with Crippen molar-refractivity contribution < 1.29 is 17.9 Å². The molecule has 0 aliphatic carbocycles. The molecule has 0 radical (unpaired) electrons. The van der Waals surface area contributed by atoms with Crippen LogP contribution in [-0.4, -0.2) is 72.0 Å². The smallest absolute Gasteiger partial charge is 0.409 e. The third kappa shape index (κ3) is 3.63. The zero-order valence-corrected chi connectivity index (χ0v) is 18.8. The molecule has 0 N–H and O–H groups in total. The van der Waals surface area contributed by atoms with Crippen LogP contribution in [0.1, 0.15) is 6.92 Å². The minimum atomic E-state index is -3.91. The molecule has 2 aromatic carbocycles. The van der Waals surface area contributed by atoms with Gasteiger partial charge < -0.3 is 14.5 Å². The SMILES string of the molecule is CCOC(=O)N1CCN(c2nc3c(S(=O)(=O)c4ccccc4)nnn3c3ccccc23)CC1. The number of carbonyl (C=O) groups excluding carboxylic acids is 1. The van der Waals surface area contributed by atoms with E-state index in [0.29, 0.717) is 44.1 Å². The number of hydrogen-bond acceptors (Lipinski definition) is 8. The number of carbonyl (C=O) groups is 1. The molecule has 3 heterocycles. The molecule has 0 spiro atoms. The second-order valence-electron chi connectivity index (χ2n) is 7.57. The topological polar surface area (TPSA) is 110 Å². The molecule has 0 saturated carbocycles. The average molecular weight is 467 g/mol. The van der Waals surface area contributed by atoms with Crippen molar-refractivity contribution in [1.29, 1.82) is 0 Å². The Hall–Kier alpha value is -3.73. The standard InChI is InChI=1S/C22H22N6O4S/c1-2-32-22(29)27-14-12-26(13-15-27)19-17-10-6-7-11-18(17)28-20(23-19)21(24-25-28)33(30,31)16-8-4-3-5-9-16/h3-11H,2,12-15H2,1H3. The van der Waals surface area contributed by atoms with Gasteiger partial charge >= 0.3 is 6.09 Å². The molecule has 1 aliphatic heterocycles. The van der Waals surface area contributed by atoms with Crippen LogP contribution in [0.25, 0.3) is 16.6 Å². The van der Waals surface area contributed by atoms with Crippen LogP contribution in [0.15, 0.2) is 64.5 Å². The van der Waals surface area contributed by atoms with Crippen molar-refractivity contribution in [3.8, 4) is 0 Å². The zero-order chi connectivity index (χ0) is 23.0. The summed E-state index contributed by atoms with van der Waals surface area (Å²) in [4.78, 5) is 20.6. The lowest BCUT2D eigenvalue weighted by molar-refractivity contribution is 0.105. The minimum Gasteiger partial charge on any atom is -0.450 e. The van der Waals surface area contributed by atoms with E-state index in [1.165, 1.54) is 16.6 Å². The summed E-state index contributed by atoms with van der Waals surface area (Å²) in [7, 11) is -3.91. The fourth-order valence-corrected chi connectivity index (χ4v) is 5.23. The molecule has 10 nitrogen and oxygen atoms in total. The predicted octanol–water partition coefficient (Wildman–Crippen LogP) is 2.39. The molecule has 170 valence electrons. The van der Waals surface area contributed by atoms with E-state index < -0.39 is 9.84 Å². The van der Waals surface area contributed by atoms with E-state index in [2.05, 4.69) is 10.3 Å². The second-order valence-corrected chi connectivity index (χ2v) is 9.44. The van der Waals surface area contributed by atoms with Crippen LogP contribution in [0, 0.1) is 0 Å². The maximum Gasteiger partial charge on any atom is 0.409 e. The Kier molecular flexibility index (Phi) is 5.33. The first-order chi connectivity index (χ1) is 16.0. The quantitative estimate of drug-likeness (QED) is 0.451. The van der Waals surface area contributed by atoms with Gasteiger partial charge in [0.1, 0.15) is 5.82 Å². The lowest BCUT2D eigenvalue weighted by Crippen LogP contribution is -2.49. The molecule has 1 fully saturated rings. The number of hydrogen-bond donors (Lipinski definition) is 0. The maximum absolute atomic E-state index is 13.3. The Morgan fingerprint density at radius 3 is 2.42 bits per heavy atom. The van der Waals surface area contributed by atoms with Gasteiger partial charge in [-0.1, -0.05) is 35.5 Å². The third-order valence-corrected chi connectivity index (χ3v) is 7.28. The Morgan fingerprint density at radius 1 is 1.00 bits per heavy atom. The van der Waals surface area contributed by atoms with Gasteiger partial charge in [0.2, 0.25) is 14.9 Å². The summed E-state index contributed by atoms with van der Waals surface area (Å²) >= 11 is 0. The number of sulfone groups is 1. The Labute approximate surface area is 190 Å². The number of benzene rings is 2. The van der Waals surface area contributed by atoms with E-state index in [9.17, 15) is 13.2 Å². The molecule has 4 aromatic rings. The first kappa shape index (κ1) is 21.1. The highest BCUT2D eigenvalue weighted by Crippen LogP contribution is 2.30. The molecular weight excluding hydrogens is 444 g/mol. The molecule has 2 aromatic heterocycles. The van der Waals surface area contributed by atoms with Gasteiger partial charge in [-0.25, -0.2) is 18.2 Å².